The highest BCUT2D eigenvalue weighted by Gasteiger charge is 2.29. The van der Waals surface area contributed by atoms with E-state index in [4.69, 9.17) is 5.26 Å². The van der Waals surface area contributed by atoms with Gasteiger partial charge in [0.2, 0.25) is 0 Å². The Morgan fingerprint density at radius 1 is 0.885 bits per heavy atom. The predicted octanol–water partition coefficient (Wildman–Crippen LogP) is 6.15. The normalized spacial score (nSPS) is 12.4. The first-order valence-corrected chi connectivity index (χ1v) is 12.8. The molecule has 2 rings (SSSR count). The molecule has 0 saturated carbocycles. The highest BCUT2D eigenvalue weighted by molar-refractivity contribution is 6.95. The van der Waals surface area contributed by atoms with E-state index in [1.807, 2.05) is 12.1 Å². The molecule has 0 fully saturated rings. The van der Waals surface area contributed by atoms with Crippen LogP contribution in [0.3, 0.4) is 0 Å². The zero-order valence-corrected chi connectivity index (χ0v) is 17.7. The molecule has 0 amide bonds. The zero-order chi connectivity index (χ0) is 19.0. The van der Waals surface area contributed by atoms with E-state index in [0.29, 0.717) is 0 Å². The fourth-order valence-corrected chi connectivity index (χ4v) is 7.15. The van der Waals surface area contributed by atoms with Gasteiger partial charge in [-0.25, -0.2) is 0 Å². The quantitative estimate of drug-likeness (QED) is 0.517. The van der Waals surface area contributed by atoms with Gasteiger partial charge in [-0.15, -0.1) is 0 Å². The summed E-state index contributed by atoms with van der Waals surface area (Å²) in [6.45, 7) is 9.57. The largest absolute Gasteiger partial charge is 0.192 e. The molecule has 2 aromatic carbocycles. The molecule has 0 N–H and O–H groups in total. The summed E-state index contributed by atoms with van der Waals surface area (Å²) >= 11 is 0. The molecule has 136 valence electrons. The molecule has 2 aromatic rings. The SMILES string of the molecule is CCC/C(Cc1ccc(C#N)cc1)=C(/CCC)[Si](C)(C)c1ccccc1. The molecule has 0 bridgehead atoms. The van der Waals surface area contributed by atoms with Crippen LogP contribution in [-0.2, 0) is 6.42 Å². The molecule has 26 heavy (non-hydrogen) atoms. The fourth-order valence-electron chi connectivity index (χ4n) is 3.80. The van der Waals surface area contributed by atoms with Crippen LogP contribution in [0, 0.1) is 11.3 Å². The number of hydrogen-bond donors (Lipinski definition) is 0. The Labute approximate surface area is 160 Å². The van der Waals surface area contributed by atoms with E-state index in [9.17, 15) is 0 Å². The Morgan fingerprint density at radius 2 is 1.50 bits per heavy atom. The third-order valence-electron chi connectivity index (χ3n) is 5.23. The minimum Gasteiger partial charge on any atom is -0.192 e. The molecule has 0 atom stereocenters. The standard InChI is InChI=1S/C24H31NSi/c1-5-10-22(18-20-14-16-21(19-25)17-15-20)24(11-6-2)26(3,4)23-12-8-7-9-13-23/h7-9,12-17H,5-6,10-11,18H2,1-4H3/b24-22+. The van der Waals surface area contributed by atoms with Crippen LogP contribution in [0.4, 0.5) is 0 Å². The van der Waals surface area contributed by atoms with Crippen LogP contribution in [0.5, 0.6) is 0 Å². The maximum absolute atomic E-state index is 9.03. The lowest BCUT2D eigenvalue weighted by molar-refractivity contribution is 0.832. The van der Waals surface area contributed by atoms with E-state index in [2.05, 4.69) is 75.5 Å². The summed E-state index contributed by atoms with van der Waals surface area (Å²) < 4.78 is 0. The summed E-state index contributed by atoms with van der Waals surface area (Å²) in [5.74, 6) is 0. The van der Waals surface area contributed by atoms with E-state index in [1.165, 1.54) is 36.4 Å². The lowest BCUT2D eigenvalue weighted by Crippen LogP contribution is -2.44. The molecule has 2 heteroatoms. The highest BCUT2D eigenvalue weighted by atomic mass is 28.3. The lowest BCUT2D eigenvalue weighted by Gasteiger charge is -2.30. The third kappa shape index (κ3) is 4.96. The molecule has 0 saturated heterocycles. The first kappa shape index (κ1) is 20.2. The van der Waals surface area contributed by atoms with E-state index in [1.54, 1.807) is 10.8 Å². The molecule has 0 unspecified atom stereocenters. The van der Waals surface area contributed by atoms with Crippen molar-refractivity contribution >= 4 is 13.3 Å². The van der Waals surface area contributed by atoms with Crippen molar-refractivity contribution in [1.82, 2.24) is 0 Å². The first-order chi connectivity index (χ1) is 12.5. The van der Waals surface area contributed by atoms with Gasteiger partial charge in [0.05, 0.1) is 11.6 Å². The minimum absolute atomic E-state index is 0.738. The third-order valence-corrected chi connectivity index (χ3v) is 9.12. The summed E-state index contributed by atoms with van der Waals surface area (Å²) in [7, 11) is -1.67. The summed E-state index contributed by atoms with van der Waals surface area (Å²) in [4.78, 5) is 0. The molecule has 0 aliphatic rings. The van der Waals surface area contributed by atoms with Gasteiger partial charge in [-0.2, -0.15) is 5.26 Å². The van der Waals surface area contributed by atoms with Crippen molar-refractivity contribution in [2.45, 2.75) is 59.0 Å². The van der Waals surface area contributed by atoms with E-state index < -0.39 is 8.07 Å². The number of nitrogens with zero attached hydrogens (tertiary/aromatic N) is 1. The molecular weight excluding hydrogens is 330 g/mol. The topological polar surface area (TPSA) is 23.8 Å². The van der Waals surface area contributed by atoms with Crippen molar-refractivity contribution in [2.24, 2.45) is 0 Å². The van der Waals surface area contributed by atoms with E-state index in [-0.39, 0.29) is 0 Å². The Morgan fingerprint density at radius 3 is 2.04 bits per heavy atom. The summed E-state index contributed by atoms with van der Waals surface area (Å²) in [6.07, 6.45) is 5.74. The smallest absolute Gasteiger partial charge is 0.107 e. The number of nitriles is 1. The maximum atomic E-state index is 9.03. The van der Waals surface area contributed by atoms with Gasteiger partial charge in [-0.05, 0) is 37.0 Å². The van der Waals surface area contributed by atoms with Crippen LogP contribution in [0.25, 0.3) is 0 Å². The van der Waals surface area contributed by atoms with Crippen LogP contribution >= 0.6 is 0 Å². The van der Waals surface area contributed by atoms with E-state index in [0.717, 1.165) is 12.0 Å². The average molecular weight is 362 g/mol. The average Bonchev–Trinajstić information content (AvgIpc) is 2.67. The Bertz CT molecular complexity index is 764. The van der Waals surface area contributed by atoms with Crippen molar-refractivity contribution in [1.29, 1.82) is 5.26 Å². The van der Waals surface area contributed by atoms with Gasteiger partial charge in [-0.3, -0.25) is 0 Å². The van der Waals surface area contributed by atoms with Crippen molar-refractivity contribution in [3.63, 3.8) is 0 Å². The highest BCUT2D eigenvalue weighted by Crippen LogP contribution is 2.28. The van der Waals surface area contributed by atoms with Crippen LogP contribution in [0.2, 0.25) is 13.1 Å². The Balaban J connectivity index is 2.46. The maximum Gasteiger partial charge on any atom is 0.107 e. The monoisotopic (exact) mass is 361 g/mol. The molecule has 1 nitrogen and oxygen atoms in total. The molecule has 0 radical (unpaired) electrons. The summed E-state index contributed by atoms with van der Waals surface area (Å²) in [5.41, 5.74) is 3.68. The second-order valence-corrected chi connectivity index (χ2v) is 12.0. The van der Waals surface area contributed by atoms with Crippen molar-refractivity contribution in [2.75, 3.05) is 0 Å². The van der Waals surface area contributed by atoms with Gasteiger partial charge in [0.15, 0.2) is 0 Å². The van der Waals surface area contributed by atoms with Gasteiger partial charge < -0.3 is 0 Å². The number of benzene rings is 2. The molecule has 0 aromatic heterocycles. The number of hydrogen-bond acceptors (Lipinski definition) is 1. The van der Waals surface area contributed by atoms with Crippen molar-refractivity contribution < 1.29 is 0 Å². The van der Waals surface area contributed by atoms with Crippen molar-refractivity contribution in [3.8, 4) is 6.07 Å². The predicted molar refractivity (Wildman–Crippen MR) is 115 cm³/mol. The number of allylic oxidation sites excluding steroid dienone is 2. The summed E-state index contributed by atoms with van der Waals surface area (Å²) in [6, 6.07) is 21.4. The fraction of sp³-hybridized carbons (Fsp3) is 0.375. The Kier molecular flexibility index (Phi) is 7.42. The number of rotatable bonds is 8. The van der Waals surface area contributed by atoms with Gasteiger partial charge in [0, 0.05) is 0 Å². The second kappa shape index (κ2) is 9.55. The van der Waals surface area contributed by atoms with Crippen LogP contribution in [0.1, 0.15) is 50.7 Å². The molecular formula is C24H31NSi. The first-order valence-electron chi connectivity index (χ1n) is 9.78. The van der Waals surface area contributed by atoms with Gasteiger partial charge in [-0.1, -0.05) is 98.2 Å². The van der Waals surface area contributed by atoms with Crippen LogP contribution < -0.4 is 5.19 Å². The summed E-state index contributed by atoms with van der Waals surface area (Å²) in [5, 5.41) is 12.3. The molecule has 0 heterocycles. The lowest BCUT2D eigenvalue weighted by atomic mass is 9.99. The molecule has 0 aliphatic heterocycles. The molecule has 0 aliphatic carbocycles. The zero-order valence-electron chi connectivity index (χ0n) is 16.7. The van der Waals surface area contributed by atoms with Gasteiger partial charge >= 0.3 is 0 Å². The van der Waals surface area contributed by atoms with Crippen LogP contribution in [0.15, 0.2) is 65.4 Å². The second-order valence-electron chi connectivity index (χ2n) is 7.56. The van der Waals surface area contributed by atoms with Crippen molar-refractivity contribution in [3.05, 3.63) is 76.5 Å². The van der Waals surface area contributed by atoms with Gasteiger partial charge in [0.1, 0.15) is 8.07 Å². The minimum atomic E-state index is -1.67. The molecule has 0 spiro atoms. The van der Waals surface area contributed by atoms with Crippen LogP contribution in [-0.4, -0.2) is 8.07 Å². The van der Waals surface area contributed by atoms with Gasteiger partial charge in [0.25, 0.3) is 0 Å². The van der Waals surface area contributed by atoms with E-state index >= 15 is 0 Å². The Hall–Kier alpha value is -2.11.